The van der Waals surface area contributed by atoms with E-state index in [0.717, 1.165) is 4.57 Å². The topological polar surface area (TPSA) is 131 Å². The quantitative estimate of drug-likeness (QED) is 0.490. The van der Waals surface area contributed by atoms with Gasteiger partial charge in [0.25, 0.3) is 0 Å². The molecule has 1 aromatic heterocycles. The molecule has 2 unspecified atom stereocenters. The van der Waals surface area contributed by atoms with Crippen LogP contribution in [0.5, 0.6) is 0 Å². The highest BCUT2D eigenvalue weighted by molar-refractivity contribution is 5.36. The number of rotatable bonds is 3. The summed E-state index contributed by atoms with van der Waals surface area (Å²) >= 11 is 0. The third-order valence-corrected chi connectivity index (χ3v) is 2.93. The maximum atomic E-state index is 11.7. The van der Waals surface area contributed by atoms with E-state index in [9.17, 15) is 9.90 Å². The molecular weight excluding hydrogens is 242 g/mol. The Morgan fingerprint density at radius 3 is 2.83 bits per heavy atom. The van der Waals surface area contributed by atoms with Gasteiger partial charge in [0.2, 0.25) is 0 Å². The number of aromatic nitrogens is 2. The van der Waals surface area contributed by atoms with Crippen molar-refractivity contribution in [3.05, 3.63) is 22.2 Å². The third-order valence-electron chi connectivity index (χ3n) is 2.93. The lowest BCUT2D eigenvalue weighted by Crippen LogP contribution is -2.29. The first-order valence-electron chi connectivity index (χ1n) is 5.49. The highest BCUT2D eigenvalue weighted by atomic mass is 16.5. The highest BCUT2D eigenvalue weighted by Gasteiger charge is 2.35. The van der Waals surface area contributed by atoms with E-state index in [1.54, 1.807) is 0 Å². The van der Waals surface area contributed by atoms with E-state index in [2.05, 4.69) is 4.98 Å². The average Bonchev–Trinajstić information content (AvgIpc) is 2.70. The fourth-order valence-electron chi connectivity index (χ4n) is 1.90. The van der Waals surface area contributed by atoms with Gasteiger partial charge in [0, 0.05) is 18.2 Å². The molecule has 0 amide bonds. The zero-order chi connectivity index (χ0) is 13.3. The van der Waals surface area contributed by atoms with E-state index in [0.29, 0.717) is 5.56 Å². The van der Waals surface area contributed by atoms with Gasteiger partial charge < -0.3 is 25.8 Å². The van der Waals surface area contributed by atoms with E-state index in [4.69, 9.17) is 20.7 Å². The van der Waals surface area contributed by atoms with Crippen molar-refractivity contribution in [2.75, 3.05) is 12.3 Å². The minimum Gasteiger partial charge on any atom is -0.394 e. The fourth-order valence-corrected chi connectivity index (χ4v) is 1.90. The Labute approximate surface area is 102 Å². The Balaban J connectivity index is 2.32. The van der Waals surface area contributed by atoms with E-state index >= 15 is 0 Å². The van der Waals surface area contributed by atoms with Crippen LogP contribution in [0, 0.1) is 0 Å². The second-order valence-electron chi connectivity index (χ2n) is 4.11. The van der Waals surface area contributed by atoms with Crippen LogP contribution in [0.1, 0.15) is 18.2 Å². The molecule has 0 spiro atoms. The number of nitrogens with zero attached hydrogens (tertiary/aromatic N) is 2. The Kier molecular flexibility index (Phi) is 3.62. The van der Waals surface area contributed by atoms with Gasteiger partial charge in [0.05, 0.1) is 19.3 Å². The maximum Gasteiger partial charge on any atom is 0.351 e. The Morgan fingerprint density at radius 1 is 1.56 bits per heavy atom. The molecule has 2 rings (SSSR count). The summed E-state index contributed by atoms with van der Waals surface area (Å²) in [5.74, 6) is -0.0315. The molecule has 0 aliphatic carbocycles. The van der Waals surface area contributed by atoms with Gasteiger partial charge in [-0.05, 0) is 0 Å². The SMILES string of the molecule is Nc1nc(=O)n(C2CC(O)[C@@H](CO)O2)cc1CO. The Bertz CT molecular complexity index is 489. The van der Waals surface area contributed by atoms with E-state index in [-0.39, 0.29) is 25.5 Å². The first-order valence-corrected chi connectivity index (χ1v) is 5.49. The van der Waals surface area contributed by atoms with E-state index < -0.39 is 24.1 Å². The number of nitrogens with two attached hydrogens (primary N) is 1. The number of hydrogen-bond donors (Lipinski definition) is 4. The predicted octanol–water partition coefficient (Wildman–Crippen LogP) is -2.04. The summed E-state index contributed by atoms with van der Waals surface area (Å²) in [6.45, 7) is -0.681. The van der Waals surface area contributed by atoms with Crippen LogP contribution in [0.2, 0.25) is 0 Å². The molecule has 3 atom stereocenters. The summed E-state index contributed by atoms with van der Waals surface area (Å²) in [7, 11) is 0. The van der Waals surface area contributed by atoms with Crippen molar-refractivity contribution in [1.29, 1.82) is 0 Å². The van der Waals surface area contributed by atoms with Crippen LogP contribution < -0.4 is 11.4 Å². The maximum absolute atomic E-state index is 11.7. The lowest BCUT2D eigenvalue weighted by molar-refractivity contribution is -0.0459. The summed E-state index contributed by atoms with van der Waals surface area (Å²) in [6.07, 6.45) is -0.772. The van der Waals surface area contributed by atoms with E-state index in [1.165, 1.54) is 6.20 Å². The Hall–Kier alpha value is -1.48. The molecule has 1 saturated heterocycles. The fraction of sp³-hybridized carbons (Fsp3) is 0.600. The number of hydrogen-bond acceptors (Lipinski definition) is 7. The van der Waals surface area contributed by atoms with Gasteiger partial charge in [0.1, 0.15) is 18.1 Å². The second-order valence-corrected chi connectivity index (χ2v) is 4.11. The average molecular weight is 257 g/mol. The van der Waals surface area contributed by atoms with Crippen molar-refractivity contribution in [1.82, 2.24) is 9.55 Å². The van der Waals surface area contributed by atoms with Crippen LogP contribution in [-0.2, 0) is 11.3 Å². The number of ether oxygens (including phenoxy) is 1. The zero-order valence-corrected chi connectivity index (χ0v) is 9.56. The first kappa shape index (κ1) is 13.0. The van der Waals surface area contributed by atoms with Gasteiger partial charge in [-0.3, -0.25) is 4.57 Å². The molecule has 1 aromatic rings. The smallest absolute Gasteiger partial charge is 0.351 e. The van der Waals surface area contributed by atoms with Crippen molar-refractivity contribution in [3.8, 4) is 0 Å². The van der Waals surface area contributed by atoms with Gasteiger partial charge in [-0.2, -0.15) is 4.98 Å². The molecule has 8 nitrogen and oxygen atoms in total. The standard InChI is InChI=1S/C10H15N3O5/c11-9-5(3-14)2-13(10(17)12-9)8-1-6(16)7(4-15)18-8/h2,6-8,14-16H,1,3-4H2,(H2,11,12,17)/t6?,7-,8?/m1/s1. The molecule has 2 heterocycles. The minimum absolute atomic E-state index is 0.0315. The summed E-state index contributed by atoms with van der Waals surface area (Å²) in [6, 6.07) is 0. The highest BCUT2D eigenvalue weighted by Crippen LogP contribution is 2.27. The van der Waals surface area contributed by atoms with Crippen molar-refractivity contribution in [3.63, 3.8) is 0 Å². The number of aliphatic hydroxyl groups is 3. The largest absolute Gasteiger partial charge is 0.394 e. The molecule has 8 heteroatoms. The summed E-state index contributed by atoms with van der Waals surface area (Å²) in [4.78, 5) is 15.2. The molecule has 0 saturated carbocycles. The summed E-state index contributed by atoms with van der Waals surface area (Å²) in [5, 5.41) is 27.6. The van der Waals surface area contributed by atoms with Gasteiger partial charge in [-0.15, -0.1) is 0 Å². The molecule has 100 valence electrons. The van der Waals surface area contributed by atoms with Gasteiger partial charge in [0.15, 0.2) is 0 Å². The van der Waals surface area contributed by atoms with Gasteiger partial charge >= 0.3 is 5.69 Å². The molecule has 1 aliphatic rings. The molecule has 0 radical (unpaired) electrons. The molecule has 18 heavy (non-hydrogen) atoms. The van der Waals surface area contributed by atoms with Crippen LogP contribution in [0.4, 0.5) is 5.82 Å². The van der Waals surface area contributed by atoms with Crippen LogP contribution in [0.3, 0.4) is 0 Å². The van der Waals surface area contributed by atoms with Crippen molar-refractivity contribution >= 4 is 5.82 Å². The molecule has 5 N–H and O–H groups in total. The second kappa shape index (κ2) is 5.02. The summed E-state index contributed by atoms with van der Waals surface area (Å²) in [5.41, 5.74) is 5.15. The molecule has 0 aromatic carbocycles. The van der Waals surface area contributed by atoms with Crippen molar-refractivity contribution in [2.24, 2.45) is 0 Å². The third kappa shape index (κ3) is 2.23. The van der Waals surface area contributed by atoms with Crippen LogP contribution in [0.15, 0.2) is 11.0 Å². The predicted molar refractivity (Wildman–Crippen MR) is 60.5 cm³/mol. The lowest BCUT2D eigenvalue weighted by Gasteiger charge is -2.15. The number of aliphatic hydroxyl groups excluding tert-OH is 3. The summed E-state index contributed by atoms with van der Waals surface area (Å²) < 4.78 is 6.48. The minimum atomic E-state index is -0.845. The first-order chi connectivity index (χ1) is 8.56. The van der Waals surface area contributed by atoms with Crippen LogP contribution in [-0.4, -0.2) is 43.7 Å². The van der Waals surface area contributed by atoms with Crippen molar-refractivity contribution < 1.29 is 20.1 Å². The molecule has 1 aliphatic heterocycles. The molecular formula is C10H15N3O5. The van der Waals surface area contributed by atoms with E-state index in [1.807, 2.05) is 0 Å². The normalized spacial score (nSPS) is 27.6. The monoisotopic (exact) mass is 257 g/mol. The lowest BCUT2D eigenvalue weighted by atomic mass is 10.2. The molecule has 0 bridgehead atoms. The van der Waals surface area contributed by atoms with Gasteiger partial charge in [-0.1, -0.05) is 0 Å². The zero-order valence-electron chi connectivity index (χ0n) is 9.56. The number of nitrogen functional groups attached to an aromatic ring is 1. The van der Waals surface area contributed by atoms with Gasteiger partial charge in [-0.25, -0.2) is 4.79 Å². The van der Waals surface area contributed by atoms with Crippen LogP contribution >= 0.6 is 0 Å². The van der Waals surface area contributed by atoms with Crippen LogP contribution in [0.25, 0.3) is 0 Å². The Morgan fingerprint density at radius 2 is 2.28 bits per heavy atom. The number of anilines is 1. The molecule has 1 fully saturated rings. The van der Waals surface area contributed by atoms with Crippen molar-refractivity contribution in [2.45, 2.75) is 31.5 Å².